The van der Waals surface area contributed by atoms with Crippen molar-refractivity contribution in [3.63, 3.8) is 0 Å². The molecule has 3 aromatic heterocycles. The van der Waals surface area contributed by atoms with Crippen LogP contribution in [0.25, 0.3) is 81.8 Å². The number of hydrogen-bond donors (Lipinski definition) is 0. The summed E-state index contributed by atoms with van der Waals surface area (Å²) in [5.41, 5.74) is 6.30. The van der Waals surface area contributed by atoms with Gasteiger partial charge in [0.2, 0.25) is 0 Å². The van der Waals surface area contributed by atoms with Crippen LogP contribution in [-0.2, 0) is 0 Å². The molecular formula is C57H38N4SSi. The highest BCUT2D eigenvalue weighted by molar-refractivity contribution is 7.26. The average molecular weight is 839 g/mol. The Morgan fingerprint density at radius 1 is 0.349 bits per heavy atom. The van der Waals surface area contributed by atoms with Crippen LogP contribution in [0.5, 0.6) is 0 Å². The molecule has 0 fully saturated rings. The summed E-state index contributed by atoms with van der Waals surface area (Å²) in [6.07, 6.45) is 0. The summed E-state index contributed by atoms with van der Waals surface area (Å²) < 4.78 is 4.75. The molecular weight excluding hydrogens is 801 g/mol. The van der Waals surface area contributed by atoms with Crippen molar-refractivity contribution in [2.45, 2.75) is 0 Å². The highest BCUT2D eigenvalue weighted by Crippen LogP contribution is 2.40. The minimum absolute atomic E-state index is 0.630. The van der Waals surface area contributed by atoms with E-state index in [9.17, 15) is 0 Å². The molecule has 0 amide bonds. The lowest BCUT2D eigenvalue weighted by atomic mass is 10.1. The van der Waals surface area contributed by atoms with E-state index in [1.54, 1.807) is 11.3 Å². The molecule has 0 spiro atoms. The second-order valence-electron chi connectivity index (χ2n) is 15.9. The van der Waals surface area contributed by atoms with Gasteiger partial charge >= 0.3 is 0 Å². The third-order valence-corrected chi connectivity index (χ3v) is 18.4. The summed E-state index contributed by atoms with van der Waals surface area (Å²) in [6.45, 7) is 0. The second kappa shape index (κ2) is 15.3. The van der Waals surface area contributed by atoms with Crippen LogP contribution in [0.15, 0.2) is 231 Å². The van der Waals surface area contributed by atoms with Crippen molar-refractivity contribution in [3.8, 4) is 39.9 Å². The van der Waals surface area contributed by atoms with E-state index in [4.69, 9.17) is 15.0 Å². The predicted octanol–water partition coefficient (Wildman–Crippen LogP) is 11.7. The van der Waals surface area contributed by atoms with Gasteiger partial charge in [0, 0.05) is 53.3 Å². The lowest BCUT2D eigenvalue weighted by Crippen LogP contribution is -2.74. The van der Waals surface area contributed by atoms with Crippen molar-refractivity contribution in [2.75, 3.05) is 0 Å². The average Bonchev–Trinajstić information content (AvgIpc) is 3.92. The number of hydrogen-bond acceptors (Lipinski definition) is 4. The number of para-hydroxylation sites is 2. The lowest BCUT2D eigenvalue weighted by molar-refractivity contribution is 1.08. The van der Waals surface area contributed by atoms with Gasteiger partial charge in [0.15, 0.2) is 25.5 Å². The summed E-state index contributed by atoms with van der Waals surface area (Å²) in [4.78, 5) is 16.0. The number of fused-ring (bicyclic) bond motifs is 6. The lowest BCUT2D eigenvalue weighted by Gasteiger charge is -2.34. The molecule has 0 aliphatic rings. The summed E-state index contributed by atoms with van der Waals surface area (Å²) in [5, 5.41) is 10.1. The zero-order valence-corrected chi connectivity index (χ0v) is 36.0. The minimum Gasteiger partial charge on any atom is -0.309 e. The quantitative estimate of drug-likeness (QED) is 0.113. The van der Waals surface area contributed by atoms with Crippen LogP contribution in [0.2, 0.25) is 0 Å². The normalized spacial score (nSPS) is 11.8. The van der Waals surface area contributed by atoms with Crippen molar-refractivity contribution in [2.24, 2.45) is 0 Å². The van der Waals surface area contributed by atoms with Crippen molar-refractivity contribution in [1.29, 1.82) is 0 Å². The molecule has 3 heterocycles. The van der Waals surface area contributed by atoms with E-state index in [1.165, 1.54) is 62.7 Å². The first-order chi connectivity index (χ1) is 31.2. The fourth-order valence-electron chi connectivity index (χ4n) is 9.59. The molecule has 0 atom stereocenters. The fourth-order valence-corrected chi connectivity index (χ4v) is 15.6. The van der Waals surface area contributed by atoms with E-state index < -0.39 is 8.07 Å². The Hall–Kier alpha value is -7.77. The summed E-state index contributed by atoms with van der Waals surface area (Å²) in [7, 11) is -2.82. The number of thiophene rings is 1. The maximum atomic E-state index is 5.38. The SMILES string of the molecule is c1ccc([Si](c2ccccc2)(c2ccccc2)c2cccc(-c3nc(-c4ccc(-n5c6ccccc6c6ccccc65)cc4)nc(-c4cccc5c4sc4ccccc45)n3)c2)cc1. The van der Waals surface area contributed by atoms with Crippen LogP contribution < -0.4 is 20.7 Å². The fraction of sp³-hybridized carbons (Fsp3) is 0. The number of rotatable bonds is 8. The van der Waals surface area contributed by atoms with Crippen LogP contribution in [0, 0.1) is 0 Å². The predicted molar refractivity (Wildman–Crippen MR) is 267 cm³/mol. The summed E-state index contributed by atoms with van der Waals surface area (Å²) in [5.74, 6) is 1.92. The van der Waals surface area contributed by atoms with Crippen LogP contribution in [0.4, 0.5) is 0 Å². The molecule has 9 aromatic carbocycles. The maximum absolute atomic E-state index is 5.38. The first-order valence-electron chi connectivity index (χ1n) is 21.3. The van der Waals surface area contributed by atoms with Gasteiger partial charge in [-0.3, -0.25) is 0 Å². The van der Waals surface area contributed by atoms with Gasteiger partial charge in [0.25, 0.3) is 0 Å². The Morgan fingerprint density at radius 3 is 1.44 bits per heavy atom. The number of benzene rings is 9. The van der Waals surface area contributed by atoms with Crippen molar-refractivity contribution in [1.82, 2.24) is 19.5 Å². The zero-order valence-electron chi connectivity index (χ0n) is 34.1. The van der Waals surface area contributed by atoms with Crippen LogP contribution in [-0.4, -0.2) is 27.6 Å². The molecule has 0 N–H and O–H groups in total. The van der Waals surface area contributed by atoms with E-state index in [0.717, 1.165) is 22.4 Å². The van der Waals surface area contributed by atoms with Crippen molar-refractivity contribution < 1.29 is 0 Å². The molecule has 12 rings (SSSR count). The standard InChI is InChI=1S/C57H38N4SSi/c1-4-19-42(20-5-1)63(43-21-6-2-7-22-43,44-23-8-3-9-24-44)45-25-16-18-40(38-45)56-58-55(59-57(60-56)50-30-17-29-49-48-28-12-15-33-53(48)62-54(49)50)39-34-36-41(37-35-39)61-51-31-13-10-26-46(51)47-27-11-14-32-52(47)61/h1-38H. The molecule has 296 valence electrons. The van der Waals surface area contributed by atoms with Gasteiger partial charge in [0.05, 0.1) is 11.0 Å². The molecule has 0 bridgehead atoms. The molecule has 0 aliphatic heterocycles. The van der Waals surface area contributed by atoms with E-state index in [-0.39, 0.29) is 0 Å². The second-order valence-corrected chi connectivity index (χ2v) is 20.8. The molecule has 6 heteroatoms. The highest BCUT2D eigenvalue weighted by atomic mass is 32.1. The number of aromatic nitrogens is 4. The largest absolute Gasteiger partial charge is 0.309 e. The van der Waals surface area contributed by atoms with Crippen molar-refractivity contribution >= 4 is 82.1 Å². The van der Waals surface area contributed by atoms with Gasteiger partial charge in [-0.15, -0.1) is 11.3 Å². The first kappa shape index (κ1) is 37.0. The smallest absolute Gasteiger partial charge is 0.179 e. The molecule has 4 nitrogen and oxygen atoms in total. The summed E-state index contributed by atoms with van der Waals surface area (Å²) >= 11 is 1.79. The molecule has 0 saturated heterocycles. The van der Waals surface area contributed by atoms with E-state index >= 15 is 0 Å². The van der Waals surface area contributed by atoms with Gasteiger partial charge in [0.1, 0.15) is 0 Å². The third kappa shape index (κ3) is 6.14. The van der Waals surface area contributed by atoms with Crippen LogP contribution in [0.1, 0.15) is 0 Å². The van der Waals surface area contributed by atoms with Crippen LogP contribution in [0.3, 0.4) is 0 Å². The molecule has 63 heavy (non-hydrogen) atoms. The van der Waals surface area contributed by atoms with Gasteiger partial charge in [-0.05, 0) is 69.3 Å². The first-order valence-corrected chi connectivity index (χ1v) is 24.1. The zero-order chi connectivity index (χ0) is 41.7. The van der Waals surface area contributed by atoms with E-state index in [2.05, 4.69) is 235 Å². The Morgan fingerprint density at radius 2 is 0.825 bits per heavy atom. The molecule has 12 aromatic rings. The Balaban J connectivity index is 1.07. The molecule has 0 radical (unpaired) electrons. The minimum atomic E-state index is -2.82. The maximum Gasteiger partial charge on any atom is 0.179 e. The molecule has 0 unspecified atom stereocenters. The van der Waals surface area contributed by atoms with Gasteiger partial charge in [-0.2, -0.15) is 0 Å². The van der Waals surface area contributed by atoms with Gasteiger partial charge in [-0.1, -0.05) is 182 Å². The van der Waals surface area contributed by atoms with Gasteiger partial charge < -0.3 is 4.57 Å². The Kier molecular flexibility index (Phi) is 8.99. The highest BCUT2D eigenvalue weighted by Gasteiger charge is 2.41. The Bertz CT molecular complexity index is 3470. The van der Waals surface area contributed by atoms with Gasteiger partial charge in [-0.25, -0.2) is 15.0 Å². The molecule has 0 aliphatic carbocycles. The molecule has 0 saturated carbocycles. The van der Waals surface area contributed by atoms with Crippen molar-refractivity contribution in [3.05, 3.63) is 231 Å². The van der Waals surface area contributed by atoms with E-state index in [0.29, 0.717) is 17.5 Å². The topological polar surface area (TPSA) is 43.6 Å². The van der Waals surface area contributed by atoms with E-state index in [1.807, 2.05) is 0 Å². The van der Waals surface area contributed by atoms with Crippen LogP contribution >= 0.6 is 11.3 Å². The Labute approximate surface area is 370 Å². The monoisotopic (exact) mass is 838 g/mol. The summed E-state index contributed by atoms with van der Waals surface area (Å²) in [6, 6.07) is 83.1. The number of nitrogens with zero attached hydrogens (tertiary/aromatic N) is 4. The third-order valence-electron chi connectivity index (χ3n) is 12.4.